The van der Waals surface area contributed by atoms with E-state index in [1.807, 2.05) is 6.07 Å². The molecule has 2 rings (SSSR count). The van der Waals surface area contributed by atoms with Gasteiger partial charge in [0.15, 0.2) is 0 Å². The average molecular weight is 262 g/mol. The molecular weight excluding hydrogens is 240 g/mol. The van der Waals surface area contributed by atoms with Crippen molar-refractivity contribution in [3.63, 3.8) is 0 Å². The summed E-state index contributed by atoms with van der Waals surface area (Å²) in [5, 5.41) is 3.28. The smallest absolute Gasteiger partial charge is 0.220 e. The number of hydrogen-bond acceptors (Lipinski definition) is 4. The van der Waals surface area contributed by atoms with Crippen molar-refractivity contribution in [2.75, 3.05) is 25.0 Å². The first-order valence-electron chi connectivity index (χ1n) is 6.90. The maximum Gasteiger partial charge on any atom is 0.220 e. The minimum atomic E-state index is -0.158. The van der Waals surface area contributed by atoms with Crippen LogP contribution in [0.1, 0.15) is 25.3 Å². The van der Waals surface area contributed by atoms with Crippen LogP contribution >= 0.6 is 0 Å². The third-order valence-corrected chi connectivity index (χ3v) is 3.62. The van der Waals surface area contributed by atoms with Crippen LogP contribution in [0, 0.1) is 5.92 Å². The van der Waals surface area contributed by atoms with Crippen molar-refractivity contribution in [2.45, 2.75) is 26.3 Å². The molecule has 0 spiro atoms. The summed E-state index contributed by atoms with van der Waals surface area (Å²) in [6.45, 7) is 5.66. The van der Waals surface area contributed by atoms with Crippen LogP contribution in [-0.4, -0.2) is 35.4 Å². The average Bonchev–Trinajstić information content (AvgIpc) is 2.42. The van der Waals surface area contributed by atoms with Crippen molar-refractivity contribution < 1.29 is 4.79 Å². The number of rotatable bonds is 5. The molecule has 2 heterocycles. The molecular formula is C14H22N4O. The predicted octanol–water partition coefficient (Wildman–Crippen LogP) is 1.21. The number of amides is 1. The fourth-order valence-electron chi connectivity index (χ4n) is 2.51. The number of nitrogens with zero attached hydrogens (tertiary/aromatic N) is 2. The van der Waals surface area contributed by atoms with Gasteiger partial charge >= 0.3 is 0 Å². The van der Waals surface area contributed by atoms with E-state index in [0.717, 1.165) is 44.8 Å². The highest BCUT2D eigenvalue weighted by atomic mass is 16.1. The zero-order valence-corrected chi connectivity index (χ0v) is 11.4. The maximum absolute atomic E-state index is 11.1. The van der Waals surface area contributed by atoms with Crippen LogP contribution in [0.5, 0.6) is 0 Å². The first-order valence-corrected chi connectivity index (χ1v) is 6.90. The van der Waals surface area contributed by atoms with Gasteiger partial charge in [-0.15, -0.1) is 0 Å². The number of pyridine rings is 1. The standard InChI is InChI=1S/C14H22N4O/c1-2-16-14-12(4-3-7-17-14)10-18-8-5-11(6-9-18)13(15)19/h3-4,7,11H,2,5-6,8-10H2,1H3,(H2,15,19)(H,16,17). The Labute approximate surface area is 114 Å². The van der Waals surface area contributed by atoms with E-state index in [1.54, 1.807) is 6.20 Å². The summed E-state index contributed by atoms with van der Waals surface area (Å²) in [5.41, 5.74) is 6.56. The number of nitrogens with one attached hydrogen (secondary N) is 1. The zero-order valence-electron chi connectivity index (χ0n) is 11.4. The van der Waals surface area contributed by atoms with Gasteiger partial charge in [-0.2, -0.15) is 0 Å². The first kappa shape index (κ1) is 13.8. The van der Waals surface area contributed by atoms with Gasteiger partial charge in [-0.25, -0.2) is 4.98 Å². The molecule has 0 unspecified atom stereocenters. The number of likely N-dealkylation sites (tertiary alicyclic amines) is 1. The molecule has 1 aromatic heterocycles. The Morgan fingerprint density at radius 1 is 1.53 bits per heavy atom. The third kappa shape index (κ3) is 3.67. The van der Waals surface area contributed by atoms with Crippen molar-refractivity contribution in [3.8, 4) is 0 Å². The second kappa shape index (κ2) is 6.52. The van der Waals surface area contributed by atoms with E-state index in [2.05, 4.69) is 28.2 Å². The van der Waals surface area contributed by atoms with E-state index < -0.39 is 0 Å². The normalized spacial score (nSPS) is 17.3. The van der Waals surface area contributed by atoms with Gasteiger partial charge in [-0.3, -0.25) is 9.69 Å². The Kier molecular flexibility index (Phi) is 4.74. The molecule has 0 saturated carbocycles. The Morgan fingerprint density at radius 2 is 2.26 bits per heavy atom. The quantitative estimate of drug-likeness (QED) is 0.836. The summed E-state index contributed by atoms with van der Waals surface area (Å²) in [4.78, 5) is 17.9. The summed E-state index contributed by atoms with van der Waals surface area (Å²) in [7, 11) is 0. The Bertz CT molecular complexity index is 427. The largest absolute Gasteiger partial charge is 0.370 e. The molecule has 19 heavy (non-hydrogen) atoms. The van der Waals surface area contributed by atoms with Gasteiger partial charge in [0.05, 0.1) is 0 Å². The highest BCUT2D eigenvalue weighted by Crippen LogP contribution is 2.20. The van der Waals surface area contributed by atoms with Crippen molar-refractivity contribution in [3.05, 3.63) is 23.9 Å². The van der Waals surface area contributed by atoms with Crippen LogP contribution in [-0.2, 0) is 11.3 Å². The van der Waals surface area contributed by atoms with Gasteiger partial charge in [0, 0.05) is 30.8 Å². The molecule has 0 radical (unpaired) electrons. The number of primary amides is 1. The lowest BCUT2D eigenvalue weighted by molar-refractivity contribution is -0.123. The lowest BCUT2D eigenvalue weighted by atomic mass is 9.96. The molecule has 1 saturated heterocycles. The number of aromatic nitrogens is 1. The van der Waals surface area contributed by atoms with Gasteiger partial charge in [-0.05, 0) is 38.9 Å². The highest BCUT2D eigenvalue weighted by molar-refractivity contribution is 5.76. The van der Waals surface area contributed by atoms with E-state index in [0.29, 0.717) is 0 Å². The van der Waals surface area contributed by atoms with E-state index in [4.69, 9.17) is 5.73 Å². The second-order valence-electron chi connectivity index (χ2n) is 4.99. The third-order valence-electron chi connectivity index (χ3n) is 3.62. The van der Waals surface area contributed by atoms with Crippen molar-refractivity contribution in [2.24, 2.45) is 11.7 Å². The molecule has 1 aromatic rings. The molecule has 0 aromatic carbocycles. The van der Waals surface area contributed by atoms with Crippen LogP contribution in [0.15, 0.2) is 18.3 Å². The van der Waals surface area contributed by atoms with Crippen LogP contribution < -0.4 is 11.1 Å². The topological polar surface area (TPSA) is 71.2 Å². The van der Waals surface area contributed by atoms with Crippen molar-refractivity contribution >= 4 is 11.7 Å². The molecule has 104 valence electrons. The van der Waals surface area contributed by atoms with Crippen LogP contribution in [0.25, 0.3) is 0 Å². The molecule has 5 nitrogen and oxygen atoms in total. The summed E-state index contributed by atoms with van der Waals surface area (Å²) in [5.74, 6) is 0.856. The SMILES string of the molecule is CCNc1ncccc1CN1CCC(C(N)=O)CC1. The monoisotopic (exact) mass is 262 g/mol. The number of anilines is 1. The van der Waals surface area contributed by atoms with Gasteiger partial charge in [-0.1, -0.05) is 6.07 Å². The molecule has 0 bridgehead atoms. The fourth-order valence-corrected chi connectivity index (χ4v) is 2.51. The zero-order chi connectivity index (χ0) is 13.7. The minimum Gasteiger partial charge on any atom is -0.370 e. The first-order chi connectivity index (χ1) is 9.20. The Balaban J connectivity index is 1.93. The van der Waals surface area contributed by atoms with Gasteiger partial charge in [0.2, 0.25) is 5.91 Å². The van der Waals surface area contributed by atoms with Crippen molar-refractivity contribution in [1.82, 2.24) is 9.88 Å². The molecule has 1 fully saturated rings. The number of piperidine rings is 1. The lowest BCUT2D eigenvalue weighted by Crippen LogP contribution is -2.38. The molecule has 5 heteroatoms. The predicted molar refractivity (Wildman–Crippen MR) is 75.6 cm³/mol. The fraction of sp³-hybridized carbons (Fsp3) is 0.571. The van der Waals surface area contributed by atoms with E-state index in [-0.39, 0.29) is 11.8 Å². The van der Waals surface area contributed by atoms with Gasteiger partial charge < -0.3 is 11.1 Å². The minimum absolute atomic E-state index is 0.0541. The van der Waals surface area contributed by atoms with Crippen LogP contribution in [0.2, 0.25) is 0 Å². The summed E-state index contributed by atoms with van der Waals surface area (Å²) in [6.07, 6.45) is 3.54. The van der Waals surface area contributed by atoms with Gasteiger partial charge in [0.25, 0.3) is 0 Å². The van der Waals surface area contributed by atoms with Crippen LogP contribution in [0.3, 0.4) is 0 Å². The van der Waals surface area contributed by atoms with Crippen LogP contribution in [0.4, 0.5) is 5.82 Å². The summed E-state index contributed by atoms with van der Waals surface area (Å²) >= 11 is 0. The molecule has 1 aliphatic heterocycles. The molecule has 3 N–H and O–H groups in total. The molecule has 0 atom stereocenters. The summed E-state index contributed by atoms with van der Waals surface area (Å²) < 4.78 is 0. The van der Waals surface area contributed by atoms with E-state index >= 15 is 0 Å². The maximum atomic E-state index is 11.1. The lowest BCUT2D eigenvalue weighted by Gasteiger charge is -2.30. The Morgan fingerprint density at radius 3 is 2.89 bits per heavy atom. The number of hydrogen-bond donors (Lipinski definition) is 2. The molecule has 0 aliphatic carbocycles. The molecule has 1 aliphatic rings. The number of carbonyl (C=O) groups excluding carboxylic acids is 1. The molecule has 1 amide bonds. The number of nitrogens with two attached hydrogens (primary N) is 1. The summed E-state index contributed by atoms with van der Waals surface area (Å²) in [6, 6.07) is 4.07. The second-order valence-corrected chi connectivity index (χ2v) is 4.99. The number of carbonyl (C=O) groups is 1. The van der Waals surface area contributed by atoms with Gasteiger partial charge in [0.1, 0.15) is 5.82 Å². The van der Waals surface area contributed by atoms with E-state index in [9.17, 15) is 4.79 Å². The van der Waals surface area contributed by atoms with E-state index in [1.165, 1.54) is 5.56 Å². The Hall–Kier alpha value is -1.62. The van der Waals surface area contributed by atoms with Crippen molar-refractivity contribution in [1.29, 1.82) is 0 Å². The highest BCUT2D eigenvalue weighted by Gasteiger charge is 2.23.